The fourth-order valence-electron chi connectivity index (χ4n) is 2.60. The van der Waals surface area contributed by atoms with Gasteiger partial charge in [0.05, 0.1) is 0 Å². The molecule has 1 aliphatic rings. The molecule has 1 N–H and O–H groups in total. The van der Waals surface area contributed by atoms with Crippen LogP contribution in [-0.2, 0) is 6.42 Å². The van der Waals surface area contributed by atoms with Gasteiger partial charge in [0.15, 0.2) is 0 Å². The quantitative estimate of drug-likeness (QED) is 0.813. The van der Waals surface area contributed by atoms with Gasteiger partial charge in [-0.3, -0.25) is 0 Å². The Morgan fingerprint density at radius 3 is 2.42 bits per heavy atom. The molecule has 0 bridgehead atoms. The van der Waals surface area contributed by atoms with E-state index in [0.29, 0.717) is 5.75 Å². The molecule has 19 heavy (non-hydrogen) atoms. The highest BCUT2D eigenvalue weighted by Gasteiger charge is 2.33. The first-order chi connectivity index (χ1) is 8.75. The molecule has 1 heterocycles. The molecule has 104 valence electrons. The number of phenols is 1. The number of hydrogen-bond donors (Lipinski definition) is 1. The van der Waals surface area contributed by atoms with Gasteiger partial charge in [0.25, 0.3) is 0 Å². The lowest BCUT2D eigenvalue weighted by Crippen LogP contribution is -2.35. The van der Waals surface area contributed by atoms with Crippen LogP contribution in [0.1, 0.15) is 35.6 Å². The van der Waals surface area contributed by atoms with Gasteiger partial charge in [0.2, 0.25) is 0 Å². The summed E-state index contributed by atoms with van der Waals surface area (Å²) < 4.78 is 6.34. The third-order valence-electron chi connectivity index (χ3n) is 3.96. The van der Waals surface area contributed by atoms with E-state index in [2.05, 4.69) is 0 Å². The van der Waals surface area contributed by atoms with Crippen molar-refractivity contribution >= 4 is 23.2 Å². The highest BCUT2D eigenvalue weighted by Crippen LogP contribution is 2.43. The first-order valence-corrected chi connectivity index (χ1v) is 7.05. The van der Waals surface area contributed by atoms with Crippen LogP contribution in [0.3, 0.4) is 0 Å². The van der Waals surface area contributed by atoms with Gasteiger partial charge in [0, 0.05) is 5.56 Å². The van der Waals surface area contributed by atoms with Crippen molar-refractivity contribution in [2.45, 2.75) is 46.1 Å². The van der Waals surface area contributed by atoms with Gasteiger partial charge in [-0.1, -0.05) is 23.2 Å². The zero-order chi connectivity index (χ0) is 14.4. The fourth-order valence-corrected chi connectivity index (χ4v) is 3.06. The van der Waals surface area contributed by atoms with Crippen molar-refractivity contribution in [3.05, 3.63) is 32.8 Å². The molecule has 1 atom stereocenters. The molecule has 1 aromatic rings. The smallest absolute Gasteiger partial charge is 0.127 e. The summed E-state index contributed by atoms with van der Waals surface area (Å²) in [6.45, 7) is 7.76. The largest absolute Gasteiger partial charge is 0.507 e. The maximum absolute atomic E-state index is 10.1. The Balaban J connectivity index is 2.55. The van der Waals surface area contributed by atoms with Gasteiger partial charge in [0.1, 0.15) is 21.6 Å². The second-order valence-electron chi connectivity index (χ2n) is 5.38. The van der Waals surface area contributed by atoms with E-state index in [9.17, 15) is 5.11 Å². The average Bonchev–Trinajstić information content (AvgIpc) is 2.32. The third kappa shape index (κ3) is 2.56. The molecule has 1 aliphatic heterocycles. The topological polar surface area (TPSA) is 29.5 Å². The van der Waals surface area contributed by atoms with E-state index in [1.807, 2.05) is 27.7 Å². The van der Waals surface area contributed by atoms with Crippen LogP contribution in [0.2, 0.25) is 0 Å². The monoisotopic (exact) mass is 300 g/mol. The lowest BCUT2D eigenvalue weighted by atomic mass is 9.87. The van der Waals surface area contributed by atoms with E-state index in [-0.39, 0.29) is 4.49 Å². The number of halogens is 2. The summed E-state index contributed by atoms with van der Waals surface area (Å²) >= 11 is 11.5. The normalized spacial score (nSPS) is 21.6. The second-order valence-corrected chi connectivity index (χ2v) is 6.39. The average molecular weight is 301 g/mol. The number of ether oxygens (including phenoxy) is 1. The Kier molecular flexibility index (Phi) is 3.76. The summed E-state index contributed by atoms with van der Waals surface area (Å²) in [5.41, 5.74) is 3.33. The maximum Gasteiger partial charge on any atom is 0.127 e. The Hall–Kier alpha value is -0.860. The number of phenolic OH excluding ortho intramolecular Hbond substituents is 1. The molecule has 0 aliphatic carbocycles. The molecule has 2 nitrogen and oxygen atoms in total. The Morgan fingerprint density at radius 2 is 1.84 bits per heavy atom. The van der Waals surface area contributed by atoms with Crippen LogP contribution in [0, 0.1) is 20.8 Å². The molecule has 0 fully saturated rings. The van der Waals surface area contributed by atoms with Crippen molar-refractivity contribution in [3.63, 3.8) is 0 Å². The van der Waals surface area contributed by atoms with Crippen molar-refractivity contribution in [2.24, 2.45) is 0 Å². The van der Waals surface area contributed by atoms with Crippen LogP contribution in [0.15, 0.2) is 10.6 Å². The number of rotatable bonds is 1. The van der Waals surface area contributed by atoms with E-state index < -0.39 is 5.60 Å². The van der Waals surface area contributed by atoms with Crippen molar-refractivity contribution < 1.29 is 9.84 Å². The van der Waals surface area contributed by atoms with Gasteiger partial charge in [-0.2, -0.15) is 0 Å². The Labute approximate surface area is 124 Å². The van der Waals surface area contributed by atoms with E-state index in [1.54, 1.807) is 6.08 Å². The second kappa shape index (κ2) is 4.92. The molecule has 2 rings (SSSR count). The molecular formula is C15H18Cl2O2. The highest BCUT2D eigenvalue weighted by molar-refractivity contribution is 6.55. The van der Waals surface area contributed by atoms with E-state index >= 15 is 0 Å². The summed E-state index contributed by atoms with van der Waals surface area (Å²) in [6.07, 6.45) is 3.35. The zero-order valence-electron chi connectivity index (χ0n) is 11.6. The summed E-state index contributed by atoms with van der Waals surface area (Å²) in [5.74, 6) is 1.22. The first kappa shape index (κ1) is 14.5. The Bertz CT molecular complexity index is 560. The maximum atomic E-state index is 10.1. The predicted octanol–water partition coefficient (Wildman–Crippen LogP) is 4.72. The standard InChI is InChI=1S/C15H18Cl2O2/c1-8-9(2)14-11(10(3)13(8)18)5-6-15(4,19-14)7-12(16)17/h7,18H,5-6H2,1-4H3. The predicted molar refractivity (Wildman–Crippen MR) is 79.5 cm³/mol. The van der Waals surface area contributed by atoms with Gasteiger partial charge in [-0.05, 0) is 63.3 Å². The van der Waals surface area contributed by atoms with Crippen molar-refractivity contribution in [1.29, 1.82) is 0 Å². The van der Waals surface area contributed by atoms with Crippen molar-refractivity contribution in [2.75, 3.05) is 0 Å². The van der Waals surface area contributed by atoms with Gasteiger partial charge in [-0.25, -0.2) is 0 Å². The lowest BCUT2D eigenvalue weighted by Gasteiger charge is -2.36. The first-order valence-electron chi connectivity index (χ1n) is 6.29. The summed E-state index contributed by atoms with van der Waals surface area (Å²) in [5, 5.41) is 10.1. The lowest BCUT2D eigenvalue weighted by molar-refractivity contribution is 0.112. The number of aromatic hydroxyl groups is 1. The third-order valence-corrected chi connectivity index (χ3v) is 4.18. The minimum absolute atomic E-state index is 0.218. The minimum Gasteiger partial charge on any atom is -0.507 e. The van der Waals surface area contributed by atoms with Crippen LogP contribution < -0.4 is 4.74 Å². The van der Waals surface area contributed by atoms with Crippen molar-refractivity contribution in [1.82, 2.24) is 0 Å². The van der Waals surface area contributed by atoms with Crippen LogP contribution in [-0.4, -0.2) is 10.7 Å². The number of hydrogen-bond acceptors (Lipinski definition) is 2. The van der Waals surface area contributed by atoms with E-state index in [1.165, 1.54) is 0 Å². The molecule has 1 aromatic carbocycles. The molecular weight excluding hydrogens is 283 g/mol. The molecule has 0 aromatic heterocycles. The Morgan fingerprint density at radius 1 is 1.21 bits per heavy atom. The number of benzene rings is 1. The van der Waals surface area contributed by atoms with Crippen molar-refractivity contribution in [3.8, 4) is 11.5 Å². The summed E-state index contributed by atoms with van der Waals surface area (Å²) in [7, 11) is 0. The van der Waals surface area contributed by atoms with Crippen LogP contribution in [0.4, 0.5) is 0 Å². The number of fused-ring (bicyclic) bond motifs is 1. The van der Waals surface area contributed by atoms with E-state index in [4.69, 9.17) is 27.9 Å². The van der Waals surface area contributed by atoms with Gasteiger partial charge >= 0.3 is 0 Å². The molecule has 0 spiro atoms. The summed E-state index contributed by atoms with van der Waals surface area (Å²) in [6, 6.07) is 0. The van der Waals surface area contributed by atoms with Crippen LogP contribution in [0.5, 0.6) is 11.5 Å². The molecule has 1 unspecified atom stereocenters. The SMILES string of the molecule is Cc1c(C)c2c(c(C)c1O)CCC(C)(C=C(Cl)Cl)O2. The molecule has 0 saturated heterocycles. The van der Waals surface area contributed by atoms with Gasteiger partial charge in [-0.15, -0.1) is 0 Å². The molecule has 0 amide bonds. The fraction of sp³-hybridized carbons (Fsp3) is 0.467. The highest BCUT2D eigenvalue weighted by atomic mass is 35.5. The summed E-state index contributed by atoms with van der Waals surface area (Å²) in [4.78, 5) is 0. The van der Waals surface area contributed by atoms with Crippen LogP contribution in [0.25, 0.3) is 0 Å². The van der Waals surface area contributed by atoms with Gasteiger partial charge < -0.3 is 9.84 Å². The minimum atomic E-state index is -0.494. The van der Waals surface area contributed by atoms with E-state index in [0.717, 1.165) is 40.8 Å². The molecule has 4 heteroatoms. The molecule has 0 saturated carbocycles. The zero-order valence-corrected chi connectivity index (χ0v) is 13.1. The molecule has 0 radical (unpaired) electrons. The van der Waals surface area contributed by atoms with Crippen LogP contribution >= 0.6 is 23.2 Å².